The summed E-state index contributed by atoms with van der Waals surface area (Å²) in [5, 5.41) is 16.9. The summed E-state index contributed by atoms with van der Waals surface area (Å²) in [4.78, 5) is 22.4. The maximum absolute atomic E-state index is 11.4. The van der Waals surface area contributed by atoms with Crippen molar-refractivity contribution >= 4 is 22.7 Å². The lowest BCUT2D eigenvalue weighted by atomic mass is 10.1. The van der Waals surface area contributed by atoms with Crippen LogP contribution < -0.4 is 19.1 Å². The van der Waals surface area contributed by atoms with Gasteiger partial charge in [-0.2, -0.15) is 5.10 Å². The Kier molecular flexibility index (Phi) is 5.17. The van der Waals surface area contributed by atoms with Gasteiger partial charge in [0.05, 0.1) is 18.8 Å². The van der Waals surface area contributed by atoms with E-state index in [2.05, 4.69) is 10.2 Å². The van der Waals surface area contributed by atoms with Gasteiger partial charge in [0.2, 0.25) is 0 Å². The fourth-order valence-electron chi connectivity index (χ4n) is 3.74. The van der Waals surface area contributed by atoms with Crippen LogP contribution in [0.15, 0.2) is 48.8 Å². The Morgan fingerprint density at radius 2 is 2.09 bits per heavy atom. The molecule has 2 aromatic heterocycles. The van der Waals surface area contributed by atoms with Crippen molar-refractivity contribution in [2.24, 2.45) is 0 Å². The van der Waals surface area contributed by atoms with Gasteiger partial charge < -0.3 is 24.2 Å². The molecule has 1 unspecified atom stereocenters. The summed E-state index contributed by atoms with van der Waals surface area (Å²) in [5.41, 5.74) is 2.48. The maximum Gasteiger partial charge on any atom is 0.323 e. The number of aromatic amines is 1. The summed E-state index contributed by atoms with van der Waals surface area (Å²) in [7, 11) is 3.26. The van der Waals surface area contributed by atoms with Crippen molar-refractivity contribution in [1.82, 2.24) is 20.2 Å². The molecule has 0 radical (unpaired) electrons. The van der Waals surface area contributed by atoms with Crippen molar-refractivity contribution in [3.05, 3.63) is 54.6 Å². The smallest absolute Gasteiger partial charge is 0.323 e. The first-order valence-electron chi connectivity index (χ1n) is 10.2. The van der Waals surface area contributed by atoms with Crippen molar-refractivity contribution in [2.75, 3.05) is 32.2 Å². The van der Waals surface area contributed by atoms with Crippen LogP contribution in [0.2, 0.25) is 0 Å². The van der Waals surface area contributed by atoms with Gasteiger partial charge in [-0.05, 0) is 29.8 Å². The molecule has 1 aliphatic heterocycles. The maximum atomic E-state index is 11.4. The second kappa shape index (κ2) is 8.30. The van der Waals surface area contributed by atoms with E-state index in [1.807, 2.05) is 18.2 Å². The van der Waals surface area contributed by atoms with E-state index in [4.69, 9.17) is 24.2 Å². The normalized spacial score (nSPS) is 14.8. The van der Waals surface area contributed by atoms with Crippen molar-refractivity contribution in [3.8, 4) is 28.4 Å². The largest absolute Gasteiger partial charge is 0.497 e. The lowest BCUT2D eigenvalue weighted by molar-refractivity contribution is -0.135. The third-order valence-electron chi connectivity index (χ3n) is 5.36. The molecule has 3 heterocycles. The van der Waals surface area contributed by atoms with E-state index in [1.54, 1.807) is 49.7 Å². The Labute approximate surface area is 188 Å². The number of aromatic nitrogens is 4. The molecule has 0 saturated carbocycles. The Hall–Kier alpha value is -4.34. The van der Waals surface area contributed by atoms with Crippen molar-refractivity contribution in [3.63, 3.8) is 0 Å². The number of benzene rings is 2. The van der Waals surface area contributed by atoms with E-state index >= 15 is 0 Å². The van der Waals surface area contributed by atoms with Crippen molar-refractivity contribution < 1.29 is 24.1 Å². The second-order valence-electron chi connectivity index (χ2n) is 7.60. The summed E-state index contributed by atoms with van der Waals surface area (Å²) >= 11 is 0. The standard InChI is InChI=1S/C23H21N5O5/c1-28(11-21(29)30)23-16-7-13(14-9-24-25-10-14)3-5-17(16)26-22(27-23)20-12-32-18-6-4-15(31-2)8-19(18)33-20/h3-10,20H,11-12H2,1-2H3,(H,24,25)(H,29,30). The van der Waals surface area contributed by atoms with Gasteiger partial charge in [0.15, 0.2) is 23.4 Å². The molecule has 0 bridgehead atoms. The van der Waals surface area contributed by atoms with Gasteiger partial charge >= 0.3 is 5.97 Å². The van der Waals surface area contributed by atoms with Crippen LogP contribution in [-0.2, 0) is 4.79 Å². The third-order valence-corrected chi connectivity index (χ3v) is 5.36. The number of carboxylic acid groups (broad SMARTS) is 1. The molecule has 33 heavy (non-hydrogen) atoms. The topological polar surface area (TPSA) is 123 Å². The van der Waals surface area contributed by atoms with Gasteiger partial charge in [-0.1, -0.05) is 6.07 Å². The van der Waals surface area contributed by atoms with Gasteiger partial charge in [-0.15, -0.1) is 0 Å². The molecule has 168 valence electrons. The fourth-order valence-corrected chi connectivity index (χ4v) is 3.74. The zero-order valence-corrected chi connectivity index (χ0v) is 18.0. The van der Waals surface area contributed by atoms with Gasteiger partial charge in [-0.3, -0.25) is 9.89 Å². The molecule has 0 aliphatic carbocycles. The van der Waals surface area contributed by atoms with Crippen LogP contribution in [0.25, 0.3) is 22.0 Å². The van der Waals surface area contributed by atoms with Crippen LogP contribution in [0.3, 0.4) is 0 Å². The van der Waals surface area contributed by atoms with Gasteiger partial charge in [0.25, 0.3) is 0 Å². The monoisotopic (exact) mass is 447 g/mol. The van der Waals surface area contributed by atoms with Crippen molar-refractivity contribution in [1.29, 1.82) is 0 Å². The van der Waals surface area contributed by atoms with E-state index in [0.717, 1.165) is 16.5 Å². The number of H-pyrrole nitrogens is 1. The first-order chi connectivity index (χ1) is 16.0. The van der Waals surface area contributed by atoms with E-state index in [9.17, 15) is 9.90 Å². The molecule has 1 atom stereocenters. The number of carbonyl (C=O) groups is 1. The van der Waals surface area contributed by atoms with E-state index < -0.39 is 12.1 Å². The highest BCUT2D eigenvalue weighted by Gasteiger charge is 2.27. The zero-order valence-electron chi connectivity index (χ0n) is 18.0. The number of aliphatic carboxylic acids is 1. The summed E-state index contributed by atoms with van der Waals surface area (Å²) in [6.07, 6.45) is 2.94. The number of nitrogens with zero attached hydrogens (tertiary/aromatic N) is 4. The first kappa shape index (κ1) is 20.6. The minimum absolute atomic E-state index is 0.219. The lowest BCUT2D eigenvalue weighted by Crippen LogP contribution is -2.28. The SMILES string of the molecule is COc1ccc2c(c1)OC(c1nc(N(C)CC(=O)O)c3cc(-c4cn[nH]c4)ccc3n1)CO2. The molecule has 2 N–H and O–H groups in total. The van der Waals surface area contributed by atoms with Gasteiger partial charge in [0, 0.05) is 30.3 Å². The van der Waals surface area contributed by atoms with Crippen molar-refractivity contribution in [2.45, 2.75) is 6.10 Å². The summed E-state index contributed by atoms with van der Waals surface area (Å²) in [5.74, 6) is 1.72. The Balaban J connectivity index is 1.58. The summed E-state index contributed by atoms with van der Waals surface area (Å²) in [6.45, 7) is 0.00354. The van der Waals surface area contributed by atoms with Crippen LogP contribution in [0.1, 0.15) is 11.9 Å². The Morgan fingerprint density at radius 1 is 1.21 bits per heavy atom. The van der Waals surface area contributed by atoms with Crippen LogP contribution >= 0.6 is 0 Å². The molecule has 2 aromatic carbocycles. The first-order valence-corrected chi connectivity index (χ1v) is 10.2. The molecule has 5 rings (SSSR count). The number of nitrogens with one attached hydrogen (secondary N) is 1. The Morgan fingerprint density at radius 3 is 2.85 bits per heavy atom. The molecule has 0 amide bonds. The summed E-state index contributed by atoms with van der Waals surface area (Å²) in [6, 6.07) is 11.1. The predicted molar refractivity (Wildman–Crippen MR) is 120 cm³/mol. The minimum Gasteiger partial charge on any atom is -0.497 e. The molecule has 10 heteroatoms. The number of likely N-dealkylation sites (N-methyl/N-ethyl adjacent to an activating group) is 1. The molecule has 0 fully saturated rings. The van der Waals surface area contributed by atoms with Gasteiger partial charge in [0.1, 0.15) is 24.7 Å². The minimum atomic E-state index is -0.963. The molecule has 10 nitrogen and oxygen atoms in total. The molecule has 0 saturated heterocycles. The molecule has 1 aliphatic rings. The van der Waals surface area contributed by atoms with E-state index in [0.29, 0.717) is 34.4 Å². The number of rotatable bonds is 6. The van der Waals surface area contributed by atoms with Crippen LogP contribution in [0.5, 0.6) is 17.2 Å². The number of methoxy groups -OCH3 is 1. The van der Waals surface area contributed by atoms with Crippen LogP contribution in [0.4, 0.5) is 5.82 Å². The second-order valence-corrected chi connectivity index (χ2v) is 7.60. The number of anilines is 1. The molecule has 4 aromatic rings. The highest BCUT2D eigenvalue weighted by molar-refractivity contribution is 5.94. The summed E-state index contributed by atoms with van der Waals surface area (Å²) < 4.78 is 17.3. The lowest BCUT2D eigenvalue weighted by Gasteiger charge is -2.27. The molecular weight excluding hydrogens is 426 g/mol. The van der Waals surface area contributed by atoms with Crippen LogP contribution in [0, 0.1) is 0 Å². The average molecular weight is 447 g/mol. The number of fused-ring (bicyclic) bond motifs is 2. The quantitative estimate of drug-likeness (QED) is 0.459. The fraction of sp³-hybridized carbons (Fsp3) is 0.217. The number of hydrogen-bond donors (Lipinski definition) is 2. The zero-order chi connectivity index (χ0) is 22.9. The number of ether oxygens (including phenoxy) is 3. The molecular formula is C23H21N5O5. The Bertz CT molecular complexity index is 1320. The van der Waals surface area contributed by atoms with E-state index in [-0.39, 0.29) is 13.2 Å². The highest BCUT2D eigenvalue weighted by Crippen LogP contribution is 2.39. The van der Waals surface area contributed by atoms with Crippen LogP contribution in [-0.4, -0.2) is 58.6 Å². The predicted octanol–water partition coefficient (Wildman–Crippen LogP) is 3.06. The highest BCUT2D eigenvalue weighted by atomic mass is 16.6. The number of carboxylic acids is 1. The number of hydrogen-bond acceptors (Lipinski definition) is 8. The average Bonchev–Trinajstić information content (AvgIpc) is 3.37. The van der Waals surface area contributed by atoms with E-state index in [1.165, 1.54) is 0 Å². The van der Waals surface area contributed by atoms with Gasteiger partial charge in [-0.25, -0.2) is 9.97 Å². The molecule has 0 spiro atoms. The third kappa shape index (κ3) is 3.98.